The van der Waals surface area contributed by atoms with Crippen LogP contribution in [0, 0.1) is 11.8 Å². The average Bonchev–Trinajstić information content (AvgIpc) is 2.43. The van der Waals surface area contributed by atoms with Crippen molar-refractivity contribution in [1.82, 2.24) is 10.6 Å². The average molecular weight is 270 g/mol. The quantitative estimate of drug-likeness (QED) is 0.630. The molecule has 1 unspecified atom stereocenters. The third-order valence-corrected chi connectivity index (χ3v) is 3.91. The Kier molecular flexibility index (Phi) is 8.84. The lowest BCUT2D eigenvalue weighted by molar-refractivity contribution is -0.122. The zero-order valence-electron chi connectivity index (χ0n) is 12.5. The Morgan fingerprint density at radius 3 is 2.79 bits per heavy atom. The van der Waals surface area contributed by atoms with Gasteiger partial charge in [0.1, 0.15) is 0 Å². The van der Waals surface area contributed by atoms with Gasteiger partial charge in [0.05, 0.1) is 6.61 Å². The Balaban J connectivity index is 2.02. The maximum atomic E-state index is 11.8. The minimum atomic E-state index is 0.171. The van der Waals surface area contributed by atoms with E-state index in [0.717, 1.165) is 32.5 Å². The molecule has 2 N–H and O–H groups in total. The van der Waals surface area contributed by atoms with Crippen LogP contribution in [0.3, 0.4) is 0 Å². The summed E-state index contributed by atoms with van der Waals surface area (Å²) in [7, 11) is 0. The Labute approximate surface area is 117 Å². The molecule has 1 rings (SSSR count). The summed E-state index contributed by atoms with van der Waals surface area (Å²) in [5.41, 5.74) is 0. The molecule has 0 aliphatic carbocycles. The predicted molar refractivity (Wildman–Crippen MR) is 78.1 cm³/mol. The van der Waals surface area contributed by atoms with Gasteiger partial charge in [-0.15, -0.1) is 0 Å². The van der Waals surface area contributed by atoms with Crippen LogP contribution in [0.4, 0.5) is 0 Å². The highest BCUT2D eigenvalue weighted by atomic mass is 16.5. The number of unbranched alkanes of at least 4 members (excludes halogenated alkanes) is 1. The molecule has 0 spiro atoms. The Bertz CT molecular complexity index is 240. The summed E-state index contributed by atoms with van der Waals surface area (Å²) in [5.74, 6) is 1.36. The molecule has 0 saturated carbocycles. The first-order chi connectivity index (χ1) is 9.24. The highest BCUT2D eigenvalue weighted by Crippen LogP contribution is 2.23. The Morgan fingerprint density at radius 2 is 2.11 bits per heavy atom. The zero-order chi connectivity index (χ0) is 13.9. The number of carbonyl (C=O) groups is 1. The fraction of sp³-hybridized carbons (Fsp3) is 0.933. The minimum Gasteiger partial charge on any atom is -0.380 e. The Hall–Kier alpha value is -0.610. The van der Waals surface area contributed by atoms with Gasteiger partial charge in [0.15, 0.2) is 0 Å². The number of rotatable bonds is 9. The number of carbonyl (C=O) groups excluding carboxylic acids is 1. The molecule has 1 aliphatic rings. The Morgan fingerprint density at radius 1 is 1.37 bits per heavy atom. The van der Waals surface area contributed by atoms with E-state index in [9.17, 15) is 4.79 Å². The monoisotopic (exact) mass is 270 g/mol. The van der Waals surface area contributed by atoms with Gasteiger partial charge in [0.2, 0.25) is 5.91 Å². The molecule has 1 aliphatic heterocycles. The first-order valence-corrected chi connectivity index (χ1v) is 7.79. The largest absolute Gasteiger partial charge is 0.380 e. The molecule has 0 radical (unpaired) electrons. The van der Waals surface area contributed by atoms with Crippen molar-refractivity contribution in [1.29, 1.82) is 0 Å². The third kappa shape index (κ3) is 7.53. The van der Waals surface area contributed by atoms with Gasteiger partial charge in [-0.05, 0) is 44.2 Å². The molecule has 0 aromatic heterocycles. The van der Waals surface area contributed by atoms with Crippen molar-refractivity contribution in [2.45, 2.75) is 46.0 Å². The number of piperidine rings is 1. The molecule has 4 heteroatoms. The highest BCUT2D eigenvalue weighted by Gasteiger charge is 2.21. The molecular formula is C15H30N2O2. The van der Waals surface area contributed by atoms with E-state index in [-0.39, 0.29) is 5.91 Å². The minimum absolute atomic E-state index is 0.171. The van der Waals surface area contributed by atoms with Crippen molar-refractivity contribution < 1.29 is 9.53 Å². The molecule has 0 aromatic rings. The van der Waals surface area contributed by atoms with Gasteiger partial charge in [-0.2, -0.15) is 0 Å². The van der Waals surface area contributed by atoms with Crippen molar-refractivity contribution in [2.24, 2.45) is 11.8 Å². The smallest absolute Gasteiger partial charge is 0.220 e. The van der Waals surface area contributed by atoms with E-state index >= 15 is 0 Å². The maximum absolute atomic E-state index is 11.8. The summed E-state index contributed by atoms with van der Waals surface area (Å²) in [6.45, 7) is 8.62. The molecular weight excluding hydrogens is 240 g/mol. The van der Waals surface area contributed by atoms with E-state index in [1.165, 1.54) is 12.8 Å². The van der Waals surface area contributed by atoms with E-state index in [4.69, 9.17) is 4.74 Å². The lowest BCUT2D eigenvalue weighted by Gasteiger charge is -2.27. The number of nitrogens with one attached hydrogen (secondary N) is 2. The van der Waals surface area contributed by atoms with E-state index < -0.39 is 0 Å². The predicted octanol–water partition coefficient (Wildman–Crippen LogP) is 1.95. The molecule has 1 saturated heterocycles. The summed E-state index contributed by atoms with van der Waals surface area (Å²) in [6.07, 6.45) is 5.31. The molecule has 0 aromatic carbocycles. The van der Waals surface area contributed by atoms with Crippen molar-refractivity contribution >= 4 is 5.91 Å². The van der Waals surface area contributed by atoms with Gasteiger partial charge in [0, 0.05) is 19.6 Å². The van der Waals surface area contributed by atoms with Crippen LogP contribution in [0.15, 0.2) is 0 Å². The fourth-order valence-corrected chi connectivity index (χ4v) is 2.56. The van der Waals surface area contributed by atoms with E-state index in [0.29, 0.717) is 31.4 Å². The second kappa shape index (κ2) is 10.2. The molecule has 1 atom stereocenters. The highest BCUT2D eigenvalue weighted by molar-refractivity contribution is 5.76. The lowest BCUT2D eigenvalue weighted by atomic mass is 9.84. The van der Waals surface area contributed by atoms with Gasteiger partial charge in [0.25, 0.3) is 0 Å². The molecule has 4 nitrogen and oxygen atoms in total. The van der Waals surface area contributed by atoms with Gasteiger partial charge < -0.3 is 15.4 Å². The molecule has 19 heavy (non-hydrogen) atoms. The molecule has 0 bridgehead atoms. The maximum Gasteiger partial charge on any atom is 0.220 e. The van der Waals surface area contributed by atoms with Crippen LogP contribution in [0.5, 0.6) is 0 Å². The molecule has 112 valence electrons. The van der Waals surface area contributed by atoms with Crippen LogP contribution in [0.2, 0.25) is 0 Å². The van der Waals surface area contributed by atoms with Crippen molar-refractivity contribution in [2.75, 3.05) is 32.8 Å². The van der Waals surface area contributed by atoms with Crippen molar-refractivity contribution in [3.8, 4) is 0 Å². The van der Waals surface area contributed by atoms with Crippen LogP contribution in [-0.2, 0) is 9.53 Å². The fourth-order valence-electron chi connectivity index (χ4n) is 2.56. The second-order valence-electron chi connectivity index (χ2n) is 5.58. The standard InChI is InChI=1S/C15H30N2O2/c1-3-4-10-19-11-9-17-15(18)12-13(2)14-5-7-16-8-6-14/h13-14,16H,3-12H2,1-2H3,(H,17,18). The summed E-state index contributed by atoms with van der Waals surface area (Å²) in [5, 5.41) is 6.31. The summed E-state index contributed by atoms with van der Waals surface area (Å²) in [4.78, 5) is 11.8. The van der Waals surface area contributed by atoms with Gasteiger partial charge in [-0.3, -0.25) is 4.79 Å². The summed E-state index contributed by atoms with van der Waals surface area (Å²) in [6, 6.07) is 0. The first kappa shape index (κ1) is 16.4. The van der Waals surface area contributed by atoms with E-state index in [2.05, 4.69) is 24.5 Å². The normalized spacial score (nSPS) is 18.2. The molecule has 1 amide bonds. The van der Waals surface area contributed by atoms with Crippen LogP contribution in [0.25, 0.3) is 0 Å². The second-order valence-corrected chi connectivity index (χ2v) is 5.58. The number of hydrogen-bond acceptors (Lipinski definition) is 3. The number of ether oxygens (including phenoxy) is 1. The summed E-state index contributed by atoms with van der Waals surface area (Å²) >= 11 is 0. The van der Waals surface area contributed by atoms with Crippen LogP contribution in [0.1, 0.15) is 46.0 Å². The van der Waals surface area contributed by atoms with E-state index in [1.54, 1.807) is 0 Å². The van der Waals surface area contributed by atoms with Crippen molar-refractivity contribution in [3.63, 3.8) is 0 Å². The molecule has 1 heterocycles. The number of amides is 1. The zero-order valence-corrected chi connectivity index (χ0v) is 12.5. The summed E-state index contributed by atoms with van der Waals surface area (Å²) < 4.78 is 5.42. The van der Waals surface area contributed by atoms with Gasteiger partial charge >= 0.3 is 0 Å². The molecule has 1 fully saturated rings. The van der Waals surface area contributed by atoms with E-state index in [1.807, 2.05) is 0 Å². The van der Waals surface area contributed by atoms with Crippen LogP contribution < -0.4 is 10.6 Å². The van der Waals surface area contributed by atoms with Crippen LogP contribution in [-0.4, -0.2) is 38.8 Å². The third-order valence-electron chi connectivity index (χ3n) is 3.91. The van der Waals surface area contributed by atoms with Gasteiger partial charge in [-0.1, -0.05) is 20.3 Å². The van der Waals surface area contributed by atoms with Crippen molar-refractivity contribution in [3.05, 3.63) is 0 Å². The topological polar surface area (TPSA) is 50.4 Å². The van der Waals surface area contributed by atoms with Gasteiger partial charge in [-0.25, -0.2) is 0 Å². The SMILES string of the molecule is CCCCOCCNC(=O)CC(C)C1CCNCC1. The van der Waals surface area contributed by atoms with Crippen LogP contribution >= 0.6 is 0 Å². The first-order valence-electron chi connectivity index (χ1n) is 7.79. The number of hydrogen-bond donors (Lipinski definition) is 2. The lowest BCUT2D eigenvalue weighted by Crippen LogP contribution is -2.34.